The number of rotatable bonds is 6. The molecule has 24 heavy (non-hydrogen) atoms. The Hall–Kier alpha value is -3.15. The molecular weight excluding hydrogens is 302 g/mol. The summed E-state index contributed by atoms with van der Waals surface area (Å²) in [5.41, 5.74) is 1.91. The minimum absolute atomic E-state index is 0.440. The molecule has 1 aromatic heterocycles. The predicted molar refractivity (Wildman–Crippen MR) is 95.2 cm³/mol. The molecule has 0 aliphatic heterocycles. The minimum Gasteiger partial charge on any atom is -0.497 e. The van der Waals surface area contributed by atoms with E-state index in [1.54, 1.807) is 13.3 Å². The summed E-state index contributed by atoms with van der Waals surface area (Å²) in [6.45, 7) is 2.85. The summed E-state index contributed by atoms with van der Waals surface area (Å²) in [7, 11) is 1.64. The van der Waals surface area contributed by atoms with Crippen molar-refractivity contribution < 1.29 is 4.74 Å². The summed E-state index contributed by atoms with van der Waals surface area (Å²) < 4.78 is 5.23. The number of anilines is 4. The van der Waals surface area contributed by atoms with Crippen molar-refractivity contribution in [1.29, 1.82) is 0 Å². The summed E-state index contributed by atoms with van der Waals surface area (Å²) in [4.78, 5) is 6.65. The quantitative estimate of drug-likeness (QED) is 0.745. The Balaban J connectivity index is 1.85. The van der Waals surface area contributed by atoms with Crippen molar-refractivity contribution in [2.45, 2.75) is 6.92 Å². The van der Waals surface area contributed by atoms with Gasteiger partial charge in [0, 0.05) is 24.0 Å². The molecule has 6 nitrogen and oxygen atoms in total. The third-order valence-corrected chi connectivity index (χ3v) is 3.53. The standard InChI is InChI=1S/C18H19N5O/c1-3-23(15-9-5-4-6-10-15)17-13-19-22-18(21-17)20-14-8-7-11-16(12-14)24-2/h4-13H,3H2,1-2H3,(H,20,21,22). The van der Waals surface area contributed by atoms with Crippen molar-refractivity contribution in [3.63, 3.8) is 0 Å². The van der Waals surface area contributed by atoms with Crippen molar-refractivity contribution in [2.75, 3.05) is 23.9 Å². The van der Waals surface area contributed by atoms with Crippen LogP contribution in [-0.2, 0) is 0 Å². The van der Waals surface area contributed by atoms with E-state index in [0.717, 1.165) is 29.5 Å². The number of methoxy groups -OCH3 is 1. The van der Waals surface area contributed by atoms with Crippen LogP contribution < -0.4 is 15.0 Å². The summed E-state index contributed by atoms with van der Waals surface area (Å²) in [6.07, 6.45) is 1.66. The first-order chi connectivity index (χ1) is 11.8. The first-order valence-corrected chi connectivity index (χ1v) is 7.73. The van der Waals surface area contributed by atoms with Crippen LogP contribution in [0.2, 0.25) is 0 Å². The molecular formula is C18H19N5O. The molecule has 3 rings (SSSR count). The second kappa shape index (κ2) is 7.41. The maximum Gasteiger partial charge on any atom is 0.249 e. The van der Waals surface area contributed by atoms with Gasteiger partial charge in [-0.1, -0.05) is 24.3 Å². The molecule has 0 bridgehead atoms. The van der Waals surface area contributed by atoms with Crippen LogP contribution in [0.1, 0.15) is 6.92 Å². The Morgan fingerprint density at radius 2 is 1.92 bits per heavy atom. The average Bonchev–Trinajstić information content (AvgIpc) is 2.64. The summed E-state index contributed by atoms with van der Waals surface area (Å²) in [5, 5.41) is 11.3. The minimum atomic E-state index is 0.440. The third-order valence-electron chi connectivity index (χ3n) is 3.53. The average molecular weight is 321 g/mol. The molecule has 0 aliphatic carbocycles. The number of benzene rings is 2. The van der Waals surface area contributed by atoms with Crippen molar-refractivity contribution >= 4 is 23.1 Å². The SMILES string of the molecule is CCN(c1ccccc1)c1cnnc(Nc2cccc(OC)c2)n1. The highest BCUT2D eigenvalue weighted by molar-refractivity contribution is 5.61. The highest BCUT2D eigenvalue weighted by Gasteiger charge is 2.10. The highest BCUT2D eigenvalue weighted by atomic mass is 16.5. The van der Waals surface area contributed by atoms with Crippen LogP contribution in [0, 0.1) is 0 Å². The monoisotopic (exact) mass is 321 g/mol. The topological polar surface area (TPSA) is 63.2 Å². The lowest BCUT2D eigenvalue weighted by atomic mass is 10.3. The van der Waals surface area contributed by atoms with Gasteiger partial charge >= 0.3 is 0 Å². The van der Waals surface area contributed by atoms with Gasteiger partial charge in [-0.2, -0.15) is 10.1 Å². The van der Waals surface area contributed by atoms with E-state index in [0.29, 0.717) is 5.95 Å². The van der Waals surface area contributed by atoms with E-state index >= 15 is 0 Å². The van der Waals surface area contributed by atoms with Gasteiger partial charge in [0.05, 0.1) is 13.3 Å². The van der Waals surface area contributed by atoms with E-state index in [2.05, 4.69) is 32.3 Å². The molecule has 0 atom stereocenters. The molecule has 0 spiro atoms. The van der Waals surface area contributed by atoms with Crippen LogP contribution >= 0.6 is 0 Å². The first kappa shape index (κ1) is 15.7. The fourth-order valence-corrected chi connectivity index (χ4v) is 2.39. The molecule has 1 heterocycles. The molecule has 0 fully saturated rings. The largest absolute Gasteiger partial charge is 0.497 e. The second-order valence-electron chi connectivity index (χ2n) is 5.07. The second-order valence-corrected chi connectivity index (χ2v) is 5.07. The molecule has 1 N–H and O–H groups in total. The van der Waals surface area contributed by atoms with Crippen molar-refractivity contribution in [3.05, 3.63) is 60.8 Å². The molecule has 0 aliphatic rings. The number of nitrogens with one attached hydrogen (secondary N) is 1. The smallest absolute Gasteiger partial charge is 0.249 e. The van der Waals surface area contributed by atoms with Gasteiger partial charge in [-0.3, -0.25) is 0 Å². The van der Waals surface area contributed by atoms with E-state index in [-0.39, 0.29) is 0 Å². The molecule has 0 saturated heterocycles. The van der Waals surface area contributed by atoms with Gasteiger partial charge in [-0.25, -0.2) is 0 Å². The summed E-state index contributed by atoms with van der Waals surface area (Å²) in [6, 6.07) is 17.7. The van der Waals surface area contributed by atoms with Gasteiger partial charge < -0.3 is 15.0 Å². The van der Waals surface area contributed by atoms with Crippen LogP contribution in [0.4, 0.5) is 23.1 Å². The zero-order valence-corrected chi connectivity index (χ0v) is 13.7. The Kier molecular flexibility index (Phi) is 4.86. The van der Waals surface area contributed by atoms with Crippen LogP contribution in [0.25, 0.3) is 0 Å². The molecule has 6 heteroatoms. The summed E-state index contributed by atoms with van der Waals surface area (Å²) in [5.74, 6) is 1.95. The molecule has 122 valence electrons. The lowest BCUT2D eigenvalue weighted by molar-refractivity contribution is 0.415. The third kappa shape index (κ3) is 3.60. The number of hydrogen-bond acceptors (Lipinski definition) is 6. The Morgan fingerprint density at radius 3 is 2.67 bits per heavy atom. The number of para-hydroxylation sites is 1. The van der Waals surface area contributed by atoms with Crippen LogP contribution in [0.3, 0.4) is 0 Å². The van der Waals surface area contributed by atoms with E-state index in [1.165, 1.54) is 0 Å². The van der Waals surface area contributed by atoms with E-state index in [9.17, 15) is 0 Å². The van der Waals surface area contributed by atoms with Gasteiger partial charge in [-0.05, 0) is 31.2 Å². The molecule has 0 radical (unpaired) electrons. The lowest BCUT2D eigenvalue weighted by Gasteiger charge is -2.21. The molecule has 0 saturated carbocycles. The Labute approximate surface area is 141 Å². The molecule has 2 aromatic carbocycles. The first-order valence-electron chi connectivity index (χ1n) is 7.73. The van der Waals surface area contributed by atoms with E-state index < -0.39 is 0 Å². The van der Waals surface area contributed by atoms with Gasteiger partial charge in [0.2, 0.25) is 5.95 Å². The fourth-order valence-electron chi connectivity index (χ4n) is 2.39. The highest BCUT2D eigenvalue weighted by Crippen LogP contribution is 2.24. The van der Waals surface area contributed by atoms with Crippen LogP contribution in [0.15, 0.2) is 60.8 Å². The van der Waals surface area contributed by atoms with Crippen LogP contribution in [0.5, 0.6) is 5.75 Å². The van der Waals surface area contributed by atoms with Gasteiger partial charge in [0.1, 0.15) is 5.75 Å². The van der Waals surface area contributed by atoms with Gasteiger partial charge in [0.25, 0.3) is 0 Å². The molecule has 0 unspecified atom stereocenters. The zero-order chi connectivity index (χ0) is 16.8. The normalized spacial score (nSPS) is 10.2. The Morgan fingerprint density at radius 1 is 1.08 bits per heavy atom. The zero-order valence-electron chi connectivity index (χ0n) is 13.7. The number of nitrogens with zero attached hydrogens (tertiary/aromatic N) is 4. The van der Waals surface area contributed by atoms with Crippen molar-refractivity contribution in [2.24, 2.45) is 0 Å². The number of hydrogen-bond donors (Lipinski definition) is 1. The van der Waals surface area contributed by atoms with Crippen molar-refractivity contribution in [3.8, 4) is 5.75 Å². The lowest BCUT2D eigenvalue weighted by Crippen LogP contribution is -2.18. The van der Waals surface area contributed by atoms with Gasteiger partial charge in [0.15, 0.2) is 5.82 Å². The predicted octanol–water partition coefficient (Wildman–Crippen LogP) is 3.78. The number of aromatic nitrogens is 3. The Bertz CT molecular complexity index is 794. The van der Waals surface area contributed by atoms with Gasteiger partial charge in [-0.15, -0.1) is 5.10 Å². The number of ether oxygens (including phenoxy) is 1. The maximum atomic E-state index is 5.23. The molecule has 0 amide bonds. The van der Waals surface area contributed by atoms with Crippen LogP contribution in [-0.4, -0.2) is 28.8 Å². The molecule has 3 aromatic rings. The van der Waals surface area contributed by atoms with Crippen molar-refractivity contribution in [1.82, 2.24) is 15.2 Å². The van der Waals surface area contributed by atoms with E-state index in [4.69, 9.17) is 4.74 Å². The van der Waals surface area contributed by atoms with E-state index in [1.807, 2.05) is 54.6 Å². The summed E-state index contributed by atoms with van der Waals surface area (Å²) >= 11 is 0. The maximum absolute atomic E-state index is 5.23. The fraction of sp³-hybridized carbons (Fsp3) is 0.167.